The molecule has 1 aromatic carbocycles. The highest BCUT2D eigenvalue weighted by Gasteiger charge is 2.26. The fraction of sp³-hybridized carbons (Fsp3) is 0.651. The zero-order chi connectivity index (χ0) is 35.8. The van der Waals surface area contributed by atoms with Gasteiger partial charge in [-0.15, -0.1) is 13.0 Å². The van der Waals surface area contributed by atoms with Gasteiger partial charge in [0, 0.05) is 11.6 Å². The molecule has 256 valence electrons. The molecule has 1 aliphatic carbocycles. The normalized spacial score (nSPS) is 16.0. The Hall–Kier alpha value is -2.53. The predicted molar refractivity (Wildman–Crippen MR) is 207 cm³/mol. The average Bonchev–Trinajstić information content (AvgIpc) is 2.92. The summed E-state index contributed by atoms with van der Waals surface area (Å²) in [5, 5.41) is 3.68. The molecule has 0 bridgehead atoms. The highest BCUT2D eigenvalue weighted by molar-refractivity contribution is 5.51. The van der Waals surface area contributed by atoms with Crippen LogP contribution in [0.25, 0.3) is 0 Å². The molecule has 0 amide bonds. The van der Waals surface area contributed by atoms with Crippen molar-refractivity contribution in [1.82, 2.24) is 4.98 Å². The van der Waals surface area contributed by atoms with Crippen LogP contribution in [0.1, 0.15) is 169 Å². The summed E-state index contributed by atoms with van der Waals surface area (Å²) >= 11 is 0. The number of aromatic nitrogens is 1. The minimum absolute atomic E-state index is 0.242. The van der Waals surface area contributed by atoms with E-state index < -0.39 is 0 Å². The molecule has 0 aliphatic heterocycles. The number of aryl methyl sites for hydroxylation is 3. The number of hydrogen-bond donors (Lipinski definition) is 1. The maximum absolute atomic E-state index is 5.51. The third-order valence-corrected chi connectivity index (χ3v) is 7.21. The van der Waals surface area contributed by atoms with E-state index in [1.165, 1.54) is 47.9 Å². The molecule has 0 radical (unpaired) electrons. The second-order valence-electron chi connectivity index (χ2n) is 16.0. The van der Waals surface area contributed by atoms with Gasteiger partial charge in [-0.1, -0.05) is 145 Å². The monoisotopic (exact) mass is 619 g/mol. The van der Waals surface area contributed by atoms with E-state index in [0.29, 0.717) is 17.4 Å². The Kier molecular flexibility index (Phi) is 20.4. The van der Waals surface area contributed by atoms with E-state index in [4.69, 9.17) is 6.42 Å². The Bertz CT molecular complexity index is 1130. The standard InChI is InChI=1S/C19H26N2.C15H24.C5H12.2C2H6/c1-6-16-12-14(4)19(20-15(16)5)21-18-10-8-7-9-17(18)11-13(2)3;1-11-8-12(14(2,3)4)10-13(9-11)15(5,6)7;1-5(2,3)4;2*1-2/h1,12,17-18H,2,7-11H2,3-5H3,(H,20,21);8-10H,1-7H3;1-4H3;2*1-2H3. The van der Waals surface area contributed by atoms with Crippen LogP contribution in [0.15, 0.2) is 36.4 Å². The van der Waals surface area contributed by atoms with Gasteiger partial charge in [-0.2, -0.15) is 0 Å². The van der Waals surface area contributed by atoms with E-state index in [1.807, 2.05) is 34.6 Å². The maximum atomic E-state index is 5.51. The molecular weight excluding hydrogens is 544 g/mol. The van der Waals surface area contributed by atoms with Gasteiger partial charge in [0.15, 0.2) is 0 Å². The van der Waals surface area contributed by atoms with E-state index in [1.54, 1.807) is 0 Å². The van der Waals surface area contributed by atoms with Gasteiger partial charge >= 0.3 is 0 Å². The van der Waals surface area contributed by atoms with Crippen LogP contribution in [-0.4, -0.2) is 11.0 Å². The zero-order valence-corrected chi connectivity index (χ0v) is 33.2. The predicted octanol–water partition coefficient (Wildman–Crippen LogP) is 13.3. The lowest BCUT2D eigenvalue weighted by atomic mass is 9.80. The topological polar surface area (TPSA) is 24.9 Å². The number of terminal acetylenes is 1. The number of anilines is 1. The van der Waals surface area contributed by atoms with E-state index in [0.717, 1.165) is 29.1 Å². The van der Waals surface area contributed by atoms with E-state index >= 15 is 0 Å². The van der Waals surface area contributed by atoms with Crippen LogP contribution in [0.5, 0.6) is 0 Å². The Morgan fingerprint density at radius 1 is 0.822 bits per heavy atom. The highest BCUT2D eigenvalue weighted by Crippen LogP contribution is 2.32. The van der Waals surface area contributed by atoms with Crippen LogP contribution < -0.4 is 5.32 Å². The molecule has 1 N–H and O–H groups in total. The second kappa shape index (κ2) is 20.6. The van der Waals surface area contributed by atoms with Gasteiger partial charge in [0.1, 0.15) is 5.82 Å². The Balaban J connectivity index is 0. The molecule has 1 aliphatic rings. The minimum Gasteiger partial charge on any atom is -0.367 e. The smallest absolute Gasteiger partial charge is 0.129 e. The minimum atomic E-state index is 0.242. The lowest BCUT2D eigenvalue weighted by Gasteiger charge is -2.33. The van der Waals surface area contributed by atoms with Gasteiger partial charge in [-0.25, -0.2) is 4.98 Å². The van der Waals surface area contributed by atoms with Crippen molar-refractivity contribution < 1.29 is 0 Å². The van der Waals surface area contributed by atoms with Crippen LogP contribution >= 0.6 is 0 Å². The summed E-state index contributed by atoms with van der Waals surface area (Å²) in [6, 6.07) is 9.51. The first-order valence-corrected chi connectivity index (χ1v) is 17.6. The van der Waals surface area contributed by atoms with Gasteiger partial charge in [-0.05, 0) is 91.9 Å². The van der Waals surface area contributed by atoms with Gasteiger partial charge in [0.25, 0.3) is 0 Å². The van der Waals surface area contributed by atoms with Crippen molar-refractivity contribution >= 4 is 5.82 Å². The number of nitrogens with one attached hydrogen (secondary N) is 1. The van der Waals surface area contributed by atoms with Crippen LogP contribution in [0.4, 0.5) is 5.82 Å². The Morgan fingerprint density at radius 2 is 1.27 bits per heavy atom. The quantitative estimate of drug-likeness (QED) is 0.272. The summed E-state index contributed by atoms with van der Waals surface area (Å²) in [4.78, 5) is 4.68. The summed E-state index contributed by atoms with van der Waals surface area (Å²) in [6.45, 7) is 42.8. The van der Waals surface area contributed by atoms with E-state index in [2.05, 4.69) is 137 Å². The summed E-state index contributed by atoms with van der Waals surface area (Å²) in [7, 11) is 0. The molecular formula is C43H74N2. The third-order valence-electron chi connectivity index (χ3n) is 7.21. The number of pyridine rings is 1. The van der Waals surface area contributed by atoms with Crippen molar-refractivity contribution in [2.45, 2.75) is 174 Å². The molecule has 45 heavy (non-hydrogen) atoms. The average molecular weight is 619 g/mol. The van der Waals surface area contributed by atoms with Crippen LogP contribution in [-0.2, 0) is 10.8 Å². The molecule has 1 heterocycles. The van der Waals surface area contributed by atoms with E-state index in [-0.39, 0.29) is 10.8 Å². The highest BCUT2D eigenvalue weighted by atomic mass is 15.0. The molecule has 3 rings (SSSR count). The first kappa shape index (κ1) is 44.6. The Labute approximate surface area is 282 Å². The number of nitrogens with zero attached hydrogens (tertiary/aromatic N) is 1. The maximum Gasteiger partial charge on any atom is 0.129 e. The van der Waals surface area contributed by atoms with Crippen LogP contribution in [0.3, 0.4) is 0 Å². The first-order chi connectivity index (χ1) is 20.6. The molecule has 2 unspecified atom stereocenters. The van der Waals surface area contributed by atoms with Crippen molar-refractivity contribution in [1.29, 1.82) is 0 Å². The molecule has 1 saturated carbocycles. The van der Waals surface area contributed by atoms with Crippen molar-refractivity contribution in [3.63, 3.8) is 0 Å². The van der Waals surface area contributed by atoms with Crippen molar-refractivity contribution in [3.05, 3.63) is 69.9 Å². The summed E-state index contributed by atoms with van der Waals surface area (Å²) in [5.41, 5.74) is 9.45. The lowest BCUT2D eigenvalue weighted by Crippen LogP contribution is -2.33. The lowest BCUT2D eigenvalue weighted by molar-refractivity contribution is 0.322. The van der Waals surface area contributed by atoms with Crippen LogP contribution in [0, 0.1) is 44.4 Å². The number of allylic oxidation sites excluding steroid dienone is 1. The summed E-state index contributed by atoms with van der Waals surface area (Å²) < 4.78 is 0. The van der Waals surface area contributed by atoms with Crippen molar-refractivity contribution in [2.24, 2.45) is 11.3 Å². The molecule has 0 spiro atoms. The molecule has 2 aromatic rings. The van der Waals surface area contributed by atoms with Gasteiger partial charge in [-0.3, -0.25) is 0 Å². The molecule has 2 heteroatoms. The molecule has 1 aromatic heterocycles. The van der Waals surface area contributed by atoms with Gasteiger partial charge in [0.2, 0.25) is 0 Å². The largest absolute Gasteiger partial charge is 0.367 e. The molecule has 2 nitrogen and oxygen atoms in total. The summed E-state index contributed by atoms with van der Waals surface area (Å²) in [5.74, 6) is 4.36. The van der Waals surface area contributed by atoms with Crippen molar-refractivity contribution in [3.8, 4) is 12.3 Å². The number of benzene rings is 1. The third kappa shape index (κ3) is 18.9. The zero-order valence-electron chi connectivity index (χ0n) is 33.2. The first-order valence-electron chi connectivity index (χ1n) is 17.6. The van der Waals surface area contributed by atoms with Crippen molar-refractivity contribution in [2.75, 3.05) is 5.32 Å². The SMILES string of the molecule is C#Cc1cc(C)c(NC2CCCCC2CC(=C)C)nc1C.CC.CC.CC(C)(C)C.Cc1cc(C(C)(C)C)cc(C(C)(C)C)c1. The van der Waals surface area contributed by atoms with Gasteiger partial charge in [0.05, 0.1) is 5.69 Å². The molecule has 1 fully saturated rings. The molecule has 0 saturated heterocycles. The van der Waals surface area contributed by atoms with Gasteiger partial charge < -0.3 is 5.32 Å². The number of hydrogen-bond acceptors (Lipinski definition) is 2. The summed E-state index contributed by atoms with van der Waals surface area (Å²) in [6.07, 6.45) is 11.7. The number of rotatable bonds is 4. The Morgan fingerprint density at radius 3 is 1.67 bits per heavy atom. The fourth-order valence-corrected chi connectivity index (χ4v) is 4.91. The second-order valence-corrected chi connectivity index (χ2v) is 16.0. The van der Waals surface area contributed by atoms with Crippen LogP contribution in [0.2, 0.25) is 0 Å². The fourth-order valence-electron chi connectivity index (χ4n) is 4.91. The van der Waals surface area contributed by atoms with E-state index in [9.17, 15) is 0 Å². The molecule has 2 atom stereocenters.